The number of fused-ring (bicyclic) bond motifs is 1. The number of benzene rings is 1. The molecule has 2 aliphatic heterocycles. The van der Waals surface area contributed by atoms with Gasteiger partial charge in [-0.15, -0.1) is 11.3 Å². The van der Waals surface area contributed by atoms with Gasteiger partial charge in [-0.3, -0.25) is 9.69 Å². The van der Waals surface area contributed by atoms with Crippen molar-refractivity contribution < 1.29 is 18.8 Å². The van der Waals surface area contributed by atoms with Crippen molar-refractivity contribution in [3.05, 3.63) is 47.7 Å². The fourth-order valence-corrected chi connectivity index (χ4v) is 4.14. The number of amides is 1. The summed E-state index contributed by atoms with van der Waals surface area (Å²) in [4.78, 5) is 22.3. The van der Waals surface area contributed by atoms with Gasteiger partial charge in [0.05, 0.1) is 11.4 Å². The summed E-state index contributed by atoms with van der Waals surface area (Å²) in [6, 6.07) is 11.4. The van der Waals surface area contributed by atoms with Gasteiger partial charge in [0.15, 0.2) is 11.5 Å². The molecule has 0 spiro atoms. The van der Waals surface area contributed by atoms with Crippen molar-refractivity contribution in [2.75, 3.05) is 32.8 Å². The van der Waals surface area contributed by atoms with Crippen molar-refractivity contribution >= 4 is 17.2 Å². The Morgan fingerprint density at radius 1 is 1.10 bits per heavy atom. The third-order valence-corrected chi connectivity index (χ3v) is 5.90. The average molecular weight is 412 g/mol. The van der Waals surface area contributed by atoms with Crippen molar-refractivity contribution in [3.63, 3.8) is 0 Å². The van der Waals surface area contributed by atoms with Crippen LogP contribution in [0.4, 0.5) is 0 Å². The molecule has 5 rings (SSSR count). The van der Waals surface area contributed by atoms with Crippen molar-refractivity contribution in [1.29, 1.82) is 0 Å². The average Bonchev–Trinajstić information content (AvgIpc) is 3.45. The van der Waals surface area contributed by atoms with Gasteiger partial charge >= 0.3 is 0 Å². The van der Waals surface area contributed by atoms with Crippen LogP contribution in [-0.4, -0.2) is 64.7 Å². The zero-order valence-corrected chi connectivity index (χ0v) is 16.5. The van der Waals surface area contributed by atoms with E-state index in [2.05, 4.69) is 15.0 Å². The lowest BCUT2D eigenvalue weighted by Crippen LogP contribution is -2.53. The van der Waals surface area contributed by atoms with E-state index in [1.165, 1.54) is 0 Å². The molecule has 0 bridgehead atoms. The minimum Gasteiger partial charge on any atom is -0.485 e. The molecule has 0 saturated carbocycles. The summed E-state index contributed by atoms with van der Waals surface area (Å²) >= 11 is 1.58. The number of thiophene rings is 1. The fraction of sp³-hybridized carbons (Fsp3) is 0.350. The lowest BCUT2D eigenvalue weighted by atomic mass is 10.2. The first kappa shape index (κ1) is 18.1. The number of hydrogen-bond donors (Lipinski definition) is 0. The van der Waals surface area contributed by atoms with E-state index < -0.39 is 6.10 Å². The molecule has 0 aliphatic carbocycles. The molecule has 0 radical (unpaired) electrons. The van der Waals surface area contributed by atoms with Crippen LogP contribution in [0, 0.1) is 0 Å². The monoisotopic (exact) mass is 412 g/mol. The van der Waals surface area contributed by atoms with Gasteiger partial charge in [0, 0.05) is 26.2 Å². The third kappa shape index (κ3) is 3.83. The van der Waals surface area contributed by atoms with Crippen LogP contribution in [-0.2, 0) is 11.3 Å². The van der Waals surface area contributed by atoms with E-state index in [-0.39, 0.29) is 12.5 Å². The molecule has 2 aliphatic rings. The normalized spacial score (nSPS) is 19.3. The van der Waals surface area contributed by atoms with Gasteiger partial charge in [0.1, 0.15) is 6.61 Å². The first-order valence-corrected chi connectivity index (χ1v) is 10.4. The van der Waals surface area contributed by atoms with Gasteiger partial charge in [-0.1, -0.05) is 23.4 Å². The number of ether oxygens (including phenoxy) is 2. The number of para-hydroxylation sites is 2. The van der Waals surface area contributed by atoms with Gasteiger partial charge in [-0.05, 0) is 23.6 Å². The molecule has 8 nitrogen and oxygen atoms in total. The third-order valence-electron chi connectivity index (χ3n) is 5.04. The Bertz CT molecular complexity index is 982. The van der Waals surface area contributed by atoms with E-state index in [1.54, 1.807) is 11.3 Å². The van der Waals surface area contributed by atoms with Crippen molar-refractivity contribution in [2.45, 2.75) is 12.6 Å². The predicted octanol–water partition coefficient (Wildman–Crippen LogP) is 2.28. The minimum absolute atomic E-state index is 0.0306. The first-order valence-electron chi connectivity index (χ1n) is 9.52. The second-order valence-corrected chi connectivity index (χ2v) is 7.90. The molecular formula is C20H20N4O4S. The smallest absolute Gasteiger partial charge is 0.267 e. The van der Waals surface area contributed by atoms with E-state index in [1.807, 2.05) is 46.7 Å². The molecule has 4 heterocycles. The maximum atomic E-state index is 12.8. The lowest BCUT2D eigenvalue weighted by Gasteiger charge is -2.36. The van der Waals surface area contributed by atoms with Crippen LogP contribution in [0.25, 0.3) is 10.7 Å². The fourth-order valence-electron chi connectivity index (χ4n) is 3.49. The predicted molar refractivity (Wildman–Crippen MR) is 106 cm³/mol. The van der Waals surface area contributed by atoms with E-state index in [4.69, 9.17) is 14.0 Å². The minimum atomic E-state index is -0.597. The van der Waals surface area contributed by atoms with Crippen LogP contribution >= 0.6 is 11.3 Å². The van der Waals surface area contributed by atoms with Crippen molar-refractivity contribution in [2.24, 2.45) is 0 Å². The Morgan fingerprint density at radius 2 is 1.93 bits per heavy atom. The number of carbonyl (C=O) groups excluding carboxylic acids is 1. The summed E-state index contributed by atoms with van der Waals surface area (Å²) in [7, 11) is 0. The molecule has 0 N–H and O–H groups in total. The van der Waals surface area contributed by atoms with E-state index >= 15 is 0 Å². The van der Waals surface area contributed by atoms with Gasteiger partial charge < -0.3 is 18.9 Å². The summed E-state index contributed by atoms with van der Waals surface area (Å²) in [6.07, 6.45) is -0.597. The van der Waals surface area contributed by atoms with Gasteiger partial charge in [0.2, 0.25) is 17.8 Å². The number of rotatable bonds is 4. The molecule has 0 unspecified atom stereocenters. The Balaban J connectivity index is 1.14. The van der Waals surface area contributed by atoms with Crippen molar-refractivity contribution in [1.82, 2.24) is 19.9 Å². The quantitative estimate of drug-likeness (QED) is 0.650. The SMILES string of the molecule is O=C([C@H]1COc2ccccc2O1)N1CCN(Cc2nc(-c3cccs3)no2)CC1. The maximum Gasteiger partial charge on any atom is 0.267 e. The van der Waals surface area contributed by atoms with Gasteiger partial charge in [-0.25, -0.2) is 0 Å². The number of hydrogen-bond acceptors (Lipinski definition) is 8. The molecule has 1 amide bonds. The molecule has 9 heteroatoms. The Kier molecular flexibility index (Phi) is 4.91. The molecular weight excluding hydrogens is 392 g/mol. The standard InChI is InChI=1S/C20H20N4O4S/c25-20(16-13-26-14-4-1-2-5-15(14)27-16)24-9-7-23(8-10-24)12-18-21-19(22-28-18)17-6-3-11-29-17/h1-6,11,16H,7-10,12-13H2/t16-/m1/s1. The number of carbonyl (C=O) groups is 1. The Labute approximate surface area is 171 Å². The summed E-state index contributed by atoms with van der Waals surface area (Å²) < 4.78 is 16.9. The second kappa shape index (κ2) is 7.84. The van der Waals surface area contributed by atoms with Crippen LogP contribution in [0.2, 0.25) is 0 Å². The largest absolute Gasteiger partial charge is 0.485 e. The summed E-state index contributed by atoms with van der Waals surface area (Å²) in [5.74, 6) is 2.49. The Hall–Kier alpha value is -2.91. The van der Waals surface area contributed by atoms with E-state index in [0.29, 0.717) is 42.8 Å². The van der Waals surface area contributed by atoms with Gasteiger partial charge in [0.25, 0.3) is 5.91 Å². The first-order chi connectivity index (χ1) is 14.3. The molecule has 29 heavy (non-hydrogen) atoms. The molecule has 1 atom stereocenters. The van der Waals surface area contributed by atoms with E-state index in [0.717, 1.165) is 18.0 Å². The van der Waals surface area contributed by atoms with Crippen LogP contribution in [0.1, 0.15) is 5.89 Å². The summed E-state index contributed by atoms with van der Waals surface area (Å²) in [5, 5.41) is 6.04. The summed E-state index contributed by atoms with van der Waals surface area (Å²) in [6.45, 7) is 3.57. The number of nitrogens with zero attached hydrogens (tertiary/aromatic N) is 4. The van der Waals surface area contributed by atoms with Crippen molar-refractivity contribution in [3.8, 4) is 22.2 Å². The van der Waals surface area contributed by atoms with Crippen LogP contribution in [0.5, 0.6) is 11.5 Å². The highest BCUT2D eigenvalue weighted by Gasteiger charge is 2.32. The molecule has 150 valence electrons. The van der Waals surface area contributed by atoms with Crippen LogP contribution in [0.15, 0.2) is 46.3 Å². The highest BCUT2D eigenvalue weighted by molar-refractivity contribution is 7.13. The second-order valence-electron chi connectivity index (χ2n) is 6.95. The highest BCUT2D eigenvalue weighted by atomic mass is 32.1. The zero-order chi connectivity index (χ0) is 19.6. The molecule has 1 saturated heterocycles. The lowest BCUT2D eigenvalue weighted by molar-refractivity contribution is -0.143. The topological polar surface area (TPSA) is 80.9 Å². The zero-order valence-electron chi connectivity index (χ0n) is 15.7. The molecule has 1 fully saturated rings. The summed E-state index contributed by atoms with van der Waals surface area (Å²) in [5.41, 5.74) is 0. The van der Waals surface area contributed by atoms with Crippen LogP contribution in [0.3, 0.4) is 0 Å². The highest BCUT2D eigenvalue weighted by Crippen LogP contribution is 2.31. The van der Waals surface area contributed by atoms with Crippen LogP contribution < -0.4 is 9.47 Å². The molecule has 2 aromatic heterocycles. The number of aromatic nitrogens is 2. The maximum absolute atomic E-state index is 12.8. The van der Waals surface area contributed by atoms with E-state index in [9.17, 15) is 4.79 Å². The van der Waals surface area contributed by atoms with Gasteiger partial charge in [-0.2, -0.15) is 4.98 Å². The Morgan fingerprint density at radius 3 is 2.72 bits per heavy atom. The molecule has 1 aromatic carbocycles. The number of piperazine rings is 1. The molecule has 3 aromatic rings.